The van der Waals surface area contributed by atoms with Crippen molar-refractivity contribution in [2.24, 2.45) is 5.41 Å². The summed E-state index contributed by atoms with van der Waals surface area (Å²) in [5.74, 6) is -0.00639. The second kappa shape index (κ2) is 9.47. The Kier molecular flexibility index (Phi) is 7.02. The van der Waals surface area contributed by atoms with Gasteiger partial charge in [-0.3, -0.25) is 9.59 Å². The first kappa shape index (κ1) is 20.7. The van der Waals surface area contributed by atoms with Crippen molar-refractivity contribution < 1.29 is 9.59 Å². The maximum Gasteiger partial charge on any atom is 0.226 e. The van der Waals surface area contributed by atoms with Gasteiger partial charge in [-0.2, -0.15) is 0 Å². The van der Waals surface area contributed by atoms with Gasteiger partial charge in [0, 0.05) is 44.2 Å². The molecule has 0 unspecified atom stereocenters. The Morgan fingerprint density at radius 2 is 2.00 bits per heavy atom. The van der Waals surface area contributed by atoms with E-state index in [2.05, 4.69) is 15.3 Å². The Hall–Kier alpha value is -1.99. The molecule has 2 heterocycles. The first-order valence-electron chi connectivity index (χ1n) is 9.50. The number of carbonyl (C=O) groups is 2. The van der Waals surface area contributed by atoms with Gasteiger partial charge in [0.2, 0.25) is 11.8 Å². The van der Waals surface area contributed by atoms with Crippen LogP contribution in [0.3, 0.4) is 0 Å². The van der Waals surface area contributed by atoms with Crippen LogP contribution >= 0.6 is 22.9 Å². The lowest BCUT2D eigenvalue weighted by molar-refractivity contribution is -0.134. The van der Waals surface area contributed by atoms with Gasteiger partial charge in [0.15, 0.2) is 5.13 Å². The van der Waals surface area contributed by atoms with Crippen LogP contribution in [0.15, 0.2) is 29.9 Å². The Labute approximate surface area is 174 Å². The van der Waals surface area contributed by atoms with Crippen molar-refractivity contribution in [3.63, 3.8) is 0 Å². The zero-order chi connectivity index (χ0) is 20.0. The first-order valence-corrected chi connectivity index (χ1v) is 10.8. The highest BCUT2D eigenvalue weighted by Gasteiger charge is 2.37. The average molecular weight is 421 g/mol. The second-order valence-corrected chi connectivity index (χ2v) is 8.82. The van der Waals surface area contributed by atoms with Gasteiger partial charge >= 0.3 is 0 Å². The normalized spacial score (nSPS) is 15.8. The SMILES string of the molecule is CN(Cc1ccc(Cl)nc1)C(=O)CC1(CC(=O)Nc2nccs2)CCCCC1. The summed E-state index contributed by atoms with van der Waals surface area (Å²) in [6.07, 6.45) is 9.18. The number of aromatic nitrogens is 2. The lowest BCUT2D eigenvalue weighted by atomic mass is 9.69. The predicted octanol–water partition coefficient (Wildman–Crippen LogP) is 4.52. The molecule has 28 heavy (non-hydrogen) atoms. The summed E-state index contributed by atoms with van der Waals surface area (Å²) in [7, 11) is 1.79. The molecule has 1 saturated carbocycles. The molecule has 0 saturated heterocycles. The van der Waals surface area contributed by atoms with Crippen LogP contribution in [0.5, 0.6) is 0 Å². The summed E-state index contributed by atoms with van der Waals surface area (Å²) in [5.41, 5.74) is 0.655. The van der Waals surface area contributed by atoms with Gasteiger partial charge in [0.05, 0.1) is 0 Å². The van der Waals surface area contributed by atoms with Crippen LogP contribution in [-0.4, -0.2) is 33.7 Å². The van der Waals surface area contributed by atoms with E-state index in [1.807, 2.05) is 11.4 Å². The molecule has 1 N–H and O–H groups in total. The van der Waals surface area contributed by atoms with Crippen LogP contribution in [0, 0.1) is 5.41 Å². The second-order valence-electron chi connectivity index (χ2n) is 7.54. The molecule has 0 spiro atoms. The van der Waals surface area contributed by atoms with Gasteiger partial charge in [0.25, 0.3) is 0 Å². The molecule has 6 nitrogen and oxygen atoms in total. The molecule has 3 rings (SSSR count). The van der Waals surface area contributed by atoms with Crippen molar-refractivity contribution in [1.82, 2.24) is 14.9 Å². The van der Waals surface area contributed by atoms with Gasteiger partial charge in [0.1, 0.15) is 5.15 Å². The number of pyridine rings is 1. The summed E-state index contributed by atoms with van der Waals surface area (Å²) >= 11 is 7.22. The fraction of sp³-hybridized carbons (Fsp3) is 0.500. The van der Waals surface area contributed by atoms with Crippen LogP contribution < -0.4 is 5.32 Å². The van der Waals surface area contributed by atoms with Crippen LogP contribution in [0.2, 0.25) is 5.15 Å². The monoisotopic (exact) mass is 420 g/mol. The maximum atomic E-state index is 12.9. The number of halogens is 1. The van der Waals surface area contributed by atoms with Crippen LogP contribution in [0.1, 0.15) is 50.5 Å². The van der Waals surface area contributed by atoms with E-state index in [1.54, 1.807) is 30.4 Å². The predicted molar refractivity (Wildman–Crippen MR) is 111 cm³/mol. The molecule has 8 heteroatoms. The van der Waals surface area contributed by atoms with E-state index < -0.39 is 0 Å². The molecule has 0 radical (unpaired) electrons. The quantitative estimate of drug-likeness (QED) is 0.668. The number of hydrogen-bond donors (Lipinski definition) is 1. The molecule has 2 amide bonds. The number of carbonyl (C=O) groups excluding carboxylic acids is 2. The number of anilines is 1. The molecule has 2 aromatic rings. The zero-order valence-electron chi connectivity index (χ0n) is 16.0. The fourth-order valence-corrected chi connectivity index (χ4v) is 4.48. The first-order chi connectivity index (χ1) is 13.5. The highest BCUT2D eigenvalue weighted by atomic mass is 35.5. The zero-order valence-corrected chi connectivity index (χ0v) is 17.6. The van der Waals surface area contributed by atoms with Gasteiger partial charge in [-0.15, -0.1) is 11.3 Å². The molecule has 0 atom stereocenters. The van der Waals surface area contributed by atoms with E-state index >= 15 is 0 Å². The summed E-state index contributed by atoms with van der Waals surface area (Å²) in [6.45, 7) is 0.477. The molecule has 2 aromatic heterocycles. The number of rotatable bonds is 7. The minimum absolute atomic E-state index is 0.0545. The number of hydrogen-bond acceptors (Lipinski definition) is 5. The molecular formula is C20H25ClN4O2S. The van der Waals surface area contributed by atoms with Gasteiger partial charge < -0.3 is 10.2 Å². The van der Waals surface area contributed by atoms with Gasteiger partial charge in [-0.1, -0.05) is 36.9 Å². The Balaban J connectivity index is 1.62. The number of nitrogens with one attached hydrogen (secondary N) is 1. The largest absolute Gasteiger partial charge is 0.341 e. The smallest absolute Gasteiger partial charge is 0.226 e. The molecule has 0 bridgehead atoms. The number of thiazole rings is 1. The van der Waals surface area contributed by atoms with Crippen molar-refractivity contribution in [2.75, 3.05) is 12.4 Å². The van der Waals surface area contributed by atoms with E-state index in [0.29, 0.717) is 29.7 Å². The molecule has 0 aliphatic heterocycles. The third-order valence-corrected chi connectivity index (χ3v) is 6.20. The van der Waals surface area contributed by atoms with Crippen molar-refractivity contribution in [3.8, 4) is 0 Å². The highest BCUT2D eigenvalue weighted by molar-refractivity contribution is 7.13. The van der Waals surface area contributed by atoms with E-state index in [1.165, 1.54) is 11.3 Å². The third-order valence-electron chi connectivity index (χ3n) is 5.29. The van der Waals surface area contributed by atoms with Crippen molar-refractivity contribution in [1.29, 1.82) is 0 Å². The van der Waals surface area contributed by atoms with Crippen molar-refractivity contribution >= 4 is 39.9 Å². The van der Waals surface area contributed by atoms with Crippen LogP contribution in [0.4, 0.5) is 5.13 Å². The Bertz CT molecular complexity index is 789. The number of amides is 2. The van der Waals surface area contributed by atoms with E-state index in [9.17, 15) is 9.59 Å². The van der Waals surface area contributed by atoms with E-state index in [4.69, 9.17) is 11.6 Å². The summed E-state index contributed by atoms with van der Waals surface area (Å²) < 4.78 is 0. The minimum Gasteiger partial charge on any atom is -0.341 e. The van der Waals surface area contributed by atoms with E-state index in [0.717, 1.165) is 37.7 Å². The average Bonchev–Trinajstić information content (AvgIpc) is 3.17. The fourth-order valence-electron chi connectivity index (χ4n) is 3.82. The molecule has 150 valence electrons. The molecule has 1 aliphatic rings. The Morgan fingerprint density at radius 3 is 2.64 bits per heavy atom. The van der Waals surface area contributed by atoms with Gasteiger partial charge in [-0.05, 0) is 29.9 Å². The van der Waals surface area contributed by atoms with Crippen molar-refractivity contribution in [3.05, 3.63) is 40.6 Å². The third kappa shape index (κ3) is 5.75. The lowest BCUT2D eigenvalue weighted by Crippen LogP contribution is -2.37. The van der Waals surface area contributed by atoms with Crippen LogP contribution in [-0.2, 0) is 16.1 Å². The Morgan fingerprint density at radius 1 is 1.21 bits per heavy atom. The maximum absolute atomic E-state index is 12.9. The molecule has 1 fully saturated rings. The molecule has 1 aliphatic carbocycles. The van der Waals surface area contributed by atoms with Crippen molar-refractivity contribution in [2.45, 2.75) is 51.5 Å². The number of nitrogens with zero attached hydrogens (tertiary/aromatic N) is 3. The lowest BCUT2D eigenvalue weighted by Gasteiger charge is -2.37. The van der Waals surface area contributed by atoms with E-state index in [-0.39, 0.29) is 17.2 Å². The summed E-state index contributed by atoms with van der Waals surface area (Å²) in [5, 5.41) is 5.74. The topological polar surface area (TPSA) is 75.2 Å². The molecular weight excluding hydrogens is 396 g/mol. The van der Waals surface area contributed by atoms with Gasteiger partial charge in [-0.25, -0.2) is 9.97 Å². The minimum atomic E-state index is -0.275. The summed E-state index contributed by atoms with van der Waals surface area (Å²) in [4.78, 5) is 35.4. The van der Waals surface area contributed by atoms with Crippen LogP contribution in [0.25, 0.3) is 0 Å². The standard InChI is InChI=1S/C20H25ClN4O2S/c1-25(14-15-5-6-16(21)23-13-15)18(27)12-20(7-3-2-4-8-20)11-17(26)24-19-22-9-10-28-19/h5-6,9-10,13H,2-4,7-8,11-12,14H2,1H3,(H,22,24,26). The highest BCUT2D eigenvalue weighted by Crippen LogP contribution is 2.43. The molecule has 0 aromatic carbocycles. The summed E-state index contributed by atoms with van der Waals surface area (Å²) in [6, 6.07) is 3.59.